The highest BCUT2D eigenvalue weighted by atomic mass is 79.9. The molecule has 0 spiro atoms. The minimum Gasteiger partial charge on any atom is -0.338 e. The summed E-state index contributed by atoms with van der Waals surface area (Å²) in [6, 6.07) is 4.36. The molecule has 0 unspecified atom stereocenters. The molecule has 104 valence electrons. The number of nitrogens with two attached hydrogens (primary N) is 1. The van der Waals surface area contributed by atoms with Gasteiger partial charge in [-0.25, -0.2) is 4.39 Å². The number of benzene rings is 1. The summed E-state index contributed by atoms with van der Waals surface area (Å²) in [5, 5.41) is 0. The SMILES string of the molecule is C[C@@H](N)[C@@H]1CCCN(C(=O)c2cc(F)cc(Br)c2)C1. The molecule has 1 amide bonds. The van der Waals surface area contributed by atoms with E-state index in [2.05, 4.69) is 15.9 Å². The smallest absolute Gasteiger partial charge is 0.254 e. The molecular weight excluding hydrogens is 311 g/mol. The standard InChI is InChI=1S/C14H18BrFN2O/c1-9(17)10-3-2-4-18(8-10)14(19)11-5-12(15)7-13(16)6-11/h5-7,9-10H,2-4,8,17H2,1H3/t9-,10-/m1/s1. The molecule has 1 saturated heterocycles. The Kier molecular flexibility index (Phi) is 4.58. The fourth-order valence-corrected chi connectivity index (χ4v) is 2.95. The van der Waals surface area contributed by atoms with Crippen LogP contribution in [0.15, 0.2) is 22.7 Å². The minimum atomic E-state index is -0.404. The zero-order chi connectivity index (χ0) is 14.0. The molecule has 19 heavy (non-hydrogen) atoms. The highest BCUT2D eigenvalue weighted by Crippen LogP contribution is 2.22. The second-order valence-electron chi connectivity index (χ2n) is 5.17. The normalized spacial score (nSPS) is 21.3. The zero-order valence-electron chi connectivity index (χ0n) is 10.9. The van der Waals surface area contributed by atoms with Crippen molar-refractivity contribution in [3.8, 4) is 0 Å². The van der Waals surface area contributed by atoms with Gasteiger partial charge in [0.2, 0.25) is 0 Å². The molecule has 0 aromatic heterocycles. The van der Waals surface area contributed by atoms with Gasteiger partial charge >= 0.3 is 0 Å². The molecule has 1 aromatic rings. The summed E-state index contributed by atoms with van der Waals surface area (Å²) >= 11 is 3.21. The molecule has 0 aliphatic carbocycles. The van der Waals surface area contributed by atoms with E-state index in [1.54, 1.807) is 11.0 Å². The molecule has 1 aromatic carbocycles. The van der Waals surface area contributed by atoms with Crippen LogP contribution >= 0.6 is 15.9 Å². The first kappa shape index (κ1) is 14.5. The minimum absolute atomic E-state index is 0.0786. The van der Waals surface area contributed by atoms with Crippen LogP contribution in [0.25, 0.3) is 0 Å². The molecule has 5 heteroatoms. The van der Waals surface area contributed by atoms with Crippen LogP contribution in [0, 0.1) is 11.7 Å². The van der Waals surface area contributed by atoms with Crippen molar-refractivity contribution in [1.29, 1.82) is 0 Å². The van der Waals surface area contributed by atoms with E-state index < -0.39 is 5.82 Å². The third kappa shape index (κ3) is 3.54. The predicted molar refractivity (Wildman–Crippen MR) is 76.4 cm³/mol. The molecule has 2 N–H and O–H groups in total. The van der Waals surface area contributed by atoms with Crippen LogP contribution in [-0.4, -0.2) is 29.9 Å². The van der Waals surface area contributed by atoms with Crippen molar-refractivity contribution in [3.63, 3.8) is 0 Å². The summed E-state index contributed by atoms with van der Waals surface area (Å²) in [5.41, 5.74) is 6.30. The Hall–Kier alpha value is -0.940. The van der Waals surface area contributed by atoms with E-state index in [0.29, 0.717) is 22.5 Å². The van der Waals surface area contributed by atoms with Gasteiger partial charge in [0.1, 0.15) is 5.82 Å². The maximum atomic E-state index is 13.3. The number of nitrogens with zero attached hydrogens (tertiary/aromatic N) is 1. The van der Waals surface area contributed by atoms with Crippen LogP contribution in [0.5, 0.6) is 0 Å². The Bertz CT molecular complexity index is 458. The monoisotopic (exact) mass is 328 g/mol. The Balaban J connectivity index is 2.14. The van der Waals surface area contributed by atoms with Gasteiger partial charge in [0.25, 0.3) is 5.91 Å². The van der Waals surface area contributed by atoms with E-state index >= 15 is 0 Å². The van der Waals surface area contributed by atoms with Gasteiger partial charge in [-0.05, 0) is 43.9 Å². The largest absolute Gasteiger partial charge is 0.338 e. The van der Waals surface area contributed by atoms with Gasteiger partial charge in [-0.2, -0.15) is 0 Å². The second-order valence-corrected chi connectivity index (χ2v) is 6.09. The molecule has 0 radical (unpaired) electrons. The maximum absolute atomic E-state index is 13.3. The Morgan fingerprint density at radius 2 is 2.26 bits per heavy atom. The second kappa shape index (κ2) is 6.01. The van der Waals surface area contributed by atoms with Gasteiger partial charge in [0.05, 0.1) is 0 Å². The Morgan fingerprint density at radius 1 is 1.53 bits per heavy atom. The maximum Gasteiger partial charge on any atom is 0.254 e. The summed E-state index contributed by atoms with van der Waals surface area (Å²) in [5.74, 6) is -0.196. The van der Waals surface area contributed by atoms with Gasteiger partial charge in [-0.1, -0.05) is 15.9 Å². The number of rotatable bonds is 2. The Morgan fingerprint density at radius 3 is 2.89 bits per heavy atom. The van der Waals surface area contributed by atoms with Crippen LogP contribution < -0.4 is 5.73 Å². The molecule has 1 heterocycles. The van der Waals surface area contributed by atoms with Gasteiger partial charge < -0.3 is 10.6 Å². The fourth-order valence-electron chi connectivity index (χ4n) is 2.48. The highest BCUT2D eigenvalue weighted by Gasteiger charge is 2.26. The lowest BCUT2D eigenvalue weighted by atomic mass is 9.92. The van der Waals surface area contributed by atoms with Crippen LogP contribution in [0.3, 0.4) is 0 Å². The third-order valence-electron chi connectivity index (χ3n) is 3.60. The van der Waals surface area contributed by atoms with Gasteiger partial charge in [0.15, 0.2) is 0 Å². The van der Waals surface area contributed by atoms with E-state index in [9.17, 15) is 9.18 Å². The van der Waals surface area contributed by atoms with Crippen LogP contribution in [0.1, 0.15) is 30.1 Å². The molecule has 2 rings (SSSR count). The zero-order valence-corrected chi connectivity index (χ0v) is 12.5. The molecule has 2 atom stereocenters. The molecule has 1 aliphatic rings. The topological polar surface area (TPSA) is 46.3 Å². The van der Waals surface area contributed by atoms with Gasteiger partial charge in [-0.3, -0.25) is 4.79 Å². The van der Waals surface area contributed by atoms with E-state index in [4.69, 9.17) is 5.73 Å². The number of hydrogen-bond donors (Lipinski definition) is 1. The molecule has 1 aliphatic heterocycles. The van der Waals surface area contributed by atoms with Crippen molar-refractivity contribution in [3.05, 3.63) is 34.1 Å². The highest BCUT2D eigenvalue weighted by molar-refractivity contribution is 9.10. The van der Waals surface area contributed by atoms with Crippen molar-refractivity contribution in [1.82, 2.24) is 4.90 Å². The predicted octanol–water partition coefficient (Wildman–Crippen LogP) is 2.79. The first-order chi connectivity index (χ1) is 8.97. The van der Waals surface area contributed by atoms with E-state index in [1.165, 1.54) is 12.1 Å². The Labute approximate surface area is 121 Å². The first-order valence-corrected chi connectivity index (χ1v) is 7.27. The lowest BCUT2D eigenvalue weighted by Gasteiger charge is -2.34. The molecule has 1 fully saturated rings. The average Bonchev–Trinajstić information content (AvgIpc) is 2.37. The quantitative estimate of drug-likeness (QED) is 0.907. The third-order valence-corrected chi connectivity index (χ3v) is 4.06. The van der Waals surface area contributed by atoms with E-state index in [1.807, 2.05) is 6.92 Å². The van der Waals surface area contributed by atoms with E-state index in [-0.39, 0.29) is 11.9 Å². The lowest BCUT2D eigenvalue weighted by Crippen LogP contribution is -2.45. The number of amides is 1. The summed E-state index contributed by atoms with van der Waals surface area (Å²) in [6.07, 6.45) is 2.00. The van der Waals surface area contributed by atoms with Crippen molar-refractivity contribution in [2.75, 3.05) is 13.1 Å². The molecular formula is C14H18BrFN2O. The number of piperidine rings is 1. The van der Waals surface area contributed by atoms with E-state index in [0.717, 1.165) is 19.4 Å². The van der Waals surface area contributed by atoms with Crippen LogP contribution in [0.4, 0.5) is 4.39 Å². The molecule has 0 bridgehead atoms. The average molecular weight is 329 g/mol. The van der Waals surface area contributed by atoms with Crippen molar-refractivity contribution >= 4 is 21.8 Å². The summed E-state index contributed by atoms with van der Waals surface area (Å²) < 4.78 is 13.9. The number of carbonyl (C=O) groups excluding carboxylic acids is 1. The lowest BCUT2D eigenvalue weighted by molar-refractivity contribution is 0.0660. The first-order valence-electron chi connectivity index (χ1n) is 6.48. The van der Waals surface area contributed by atoms with Crippen molar-refractivity contribution in [2.24, 2.45) is 11.7 Å². The van der Waals surface area contributed by atoms with Crippen molar-refractivity contribution in [2.45, 2.75) is 25.8 Å². The number of hydrogen-bond acceptors (Lipinski definition) is 2. The van der Waals surface area contributed by atoms with Gasteiger partial charge in [0, 0.05) is 29.2 Å². The fraction of sp³-hybridized carbons (Fsp3) is 0.500. The summed E-state index contributed by atoms with van der Waals surface area (Å²) in [6.45, 7) is 3.35. The summed E-state index contributed by atoms with van der Waals surface area (Å²) in [4.78, 5) is 14.1. The number of halogens is 2. The van der Waals surface area contributed by atoms with Gasteiger partial charge in [-0.15, -0.1) is 0 Å². The molecule has 0 saturated carbocycles. The summed E-state index contributed by atoms with van der Waals surface area (Å²) in [7, 11) is 0. The number of likely N-dealkylation sites (tertiary alicyclic amines) is 1. The van der Waals surface area contributed by atoms with Crippen molar-refractivity contribution < 1.29 is 9.18 Å². The van der Waals surface area contributed by atoms with Crippen LogP contribution in [0.2, 0.25) is 0 Å². The van der Waals surface area contributed by atoms with Crippen LogP contribution in [-0.2, 0) is 0 Å². The number of carbonyl (C=O) groups is 1. The molecule has 3 nitrogen and oxygen atoms in total.